The van der Waals surface area contributed by atoms with Gasteiger partial charge in [0.15, 0.2) is 0 Å². The third-order valence-electron chi connectivity index (χ3n) is 4.24. The van der Waals surface area contributed by atoms with Crippen LogP contribution in [0.4, 0.5) is 5.69 Å². The van der Waals surface area contributed by atoms with Gasteiger partial charge in [-0.25, -0.2) is 0 Å². The maximum atomic E-state index is 5.37. The minimum atomic E-state index is 0.152. The van der Waals surface area contributed by atoms with Gasteiger partial charge in [0.25, 0.3) is 0 Å². The average molecular weight is 276 g/mol. The maximum Gasteiger partial charge on any atom is 0.121 e. The SMILES string of the molecule is COc1ccc(N2CC(C)(C)NCC2C(C)C)cc1C. The summed E-state index contributed by atoms with van der Waals surface area (Å²) in [6, 6.07) is 7.05. The topological polar surface area (TPSA) is 24.5 Å². The number of rotatable bonds is 3. The summed E-state index contributed by atoms with van der Waals surface area (Å²) in [5.74, 6) is 1.59. The van der Waals surface area contributed by atoms with Gasteiger partial charge in [0.05, 0.1) is 7.11 Å². The molecule has 1 atom stereocenters. The zero-order valence-electron chi connectivity index (χ0n) is 13.7. The standard InChI is InChI=1S/C17H28N2O/c1-12(2)15-10-18-17(4,5)11-19(15)14-7-8-16(20-6)13(3)9-14/h7-9,12,15,18H,10-11H2,1-6H3. The highest BCUT2D eigenvalue weighted by Gasteiger charge is 2.34. The molecule has 1 unspecified atom stereocenters. The van der Waals surface area contributed by atoms with Crippen LogP contribution < -0.4 is 15.0 Å². The minimum Gasteiger partial charge on any atom is -0.496 e. The number of benzene rings is 1. The fourth-order valence-corrected chi connectivity index (χ4v) is 3.01. The highest BCUT2D eigenvalue weighted by atomic mass is 16.5. The third-order valence-corrected chi connectivity index (χ3v) is 4.24. The van der Waals surface area contributed by atoms with E-state index in [1.54, 1.807) is 7.11 Å². The summed E-state index contributed by atoms with van der Waals surface area (Å²) in [4.78, 5) is 2.55. The van der Waals surface area contributed by atoms with Gasteiger partial charge in [0.1, 0.15) is 5.75 Å². The number of methoxy groups -OCH3 is 1. The first-order valence-corrected chi connectivity index (χ1v) is 7.50. The molecule has 0 bridgehead atoms. The molecule has 112 valence electrons. The molecule has 1 saturated heterocycles. The van der Waals surface area contributed by atoms with E-state index in [0.29, 0.717) is 12.0 Å². The van der Waals surface area contributed by atoms with Gasteiger partial charge in [-0.2, -0.15) is 0 Å². The molecule has 1 heterocycles. The normalized spacial score (nSPS) is 22.1. The minimum absolute atomic E-state index is 0.152. The zero-order chi connectivity index (χ0) is 14.9. The van der Waals surface area contributed by atoms with Crippen LogP contribution in [-0.4, -0.2) is 31.8 Å². The van der Waals surface area contributed by atoms with Gasteiger partial charge in [-0.05, 0) is 50.5 Å². The van der Waals surface area contributed by atoms with E-state index < -0.39 is 0 Å². The van der Waals surface area contributed by atoms with Crippen LogP contribution in [-0.2, 0) is 0 Å². The molecule has 3 nitrogen and oxygen atoms in total. The van der Waals surface area contributed by atoms with E-state index in [9.17, 15) is 0 Å². The number of hydrogen-bond acceptors (Lipinski definition) is 3. The van der Waals surface area contributed by atoms with Crippen LogP contribution in [0.1, 0.15) is 33.3 Å². The van der Waals surface area contributed by atoms with Crippen LogP contribution in [0.15, 0.2) is 18.2 Å². The summed E-state index contributed by atoms with van der Waals surface area (Å²) in [6.07, 6.45) is 0. The number of aryl methyl sites for hydroxylation is 1. The Morgan fingerprint density at radius 2 is 2.05 bits per heavy atom. The molecule has 20 heavy (non-hydrogen) atoms. The Bertz CT molecular complexity index is 468. The van der Waals surface area contributed by atoms with Crippen LogP contribution in [0, 0.1) is 12.8 Å². The quantitative estimate of drug-likeness (QED) is 0.917. The van der Waals surface area contributed by atoms with E-state index in [-0.39, 0.29) is 5.54 Å². The molecular weight excluding hydrogens is 248 g/mol. The van der Waals surface area contributed by atoms with Gasteiger partial charge in [-0.3, -0.25) is 0 Å². The third kappa shape index (κ3) is 3.09. The van der Waals surface area contributed by atoms with Crippen LogP contribution in [0.25, 0.3) is 0 Å². The molecule has 0 aliphatic carbocycles. The Morgan fingerprint density at radius 3 is 2.60 bits per heavy atom. The molecular formula is C17H28N2O. The van der Waals surface area contributed by atoms with E-state index in [0.717, 1.165) is 18.8 Å². The van der Waals surface area contributed by atoms with Gasteiger partial charge in [-0.1, -0.05) is 13.8 Å². The van der Waals surface area contributed by atoms with E-state index in [1.165, 1.54) is 11.3 Å². The summed E-state index contributed by atoms with van der Waals surface area (Å²) in [5, 5.41) is 3.66. The van der Waals surface area contributed by atoms with Crippen LogP contribution in [0.2, 0.25) is 0 Å². The fourth-order valence-electron chi connectivity index (χ4n) is 3.01. The number of nitrogens with one attached hydrogen (secondary N) is 1. The van der Waals surface area contributed by atoms with Crippen molar-refractivity contribution < 1.29 is 4.74 Å². The number of piperazine rings is 1. The summed E-state index contributed by atoms with van der Waals surface area (Å²) < 4.78 is 5.37. The second kappa shape index (κ2) is 5.65. The van der Waals surface area contributed by atoms with Gasteiger partial charge in [-0.15, -0.1) is 0 Å². The molecule has 0 saturated carbocycles. The molecule has 1 aliphatic heterocycles. The molecule has 0 radical (unpaired) electrons. The van der Waals surface area contributed by atoms with Crippen molar-refractivity contribution in [2.45, 2.75) is 46.2 Å². The fraction of sp³-hybridized carbons (Fsp3) is 0.647. The Morgan fingerprint density at radius 1 is 1.35 bits per heavy atom. The summed E-state index contributed by atoms with van der Waals surface area (Å²) in [6.45, 7) is 13.3. The highest BCUT2D eigenvalue weighted by molar-refractivity contribution is 5.54. The van der Waals surface area contributed by atoms with E-state index >= 15 is 0 Å². The first-order chi connectivity index (χ1) is 9.34. The first kappa shape index (κ1) is 15.2. The predicted octanol–water partition coefficient (Wildman–Crippen LogP) is 3.22. The lowest BCUT2D eigenvalue weighted by Gasteiger charge is -2.47. The predicted molar refractivity (Wildman–Crippen MR) is 85.8 cm³/mol. The molecule has 3 heteroatoms. The lowest BCUT2D eigenvalue weighted by molar-refractivity contribution is 0.277. The number of anilines is 1. The Balaban J connectivity index is 2.32. The summed E-state index contributed by atoms with van der Waals surface area (Å²) in [5.41, 5.74) is 2.65. The van der Waals surface area contributed by atoms with Crippen LogP contribution in [0.3, 0.4) is 0 Å². The second-order valence-electron chi connectivity index (χ2n) is 6.86. The summed E-state index contributed by atoms with van der Waals surface area (Å²) in [7, 11) is 1.73. The van der Waals surface area contributed by atoms with E-state index in [4.69, 9.17) is 4.74 Å². The van der Waals surface area contributed by atoms with Crippen LogP contribution in [0.5, 0.6) is 5.75 Å². The van der Waals surface area contributed by atoms with Gasteiger partial charge in [0.2, 0.25) is 0 Å². The van der Waals surface area contributed by atoms with E-state index in [1.807, 2.05) is 0 Å². The zero-order valence-corrected chi connectivity index (χ0v) is 13.7. The highest BCUT2D eigenvalue weighted by Crippen LogP contribution is 2.30. The van der Waals surface area contributed by atoms with E-state index in [2.05, 4.69) is 63.0 Å². The maximum absolute atomic E-state index is 5.37. The number of hydrogen-bond donors (Lipinski definition) is 1. The molecule has 2 rings (SSSR count). The van der Waals surface area contributed by atoms with Crippen molar-refractivity contribution in [1.82, 2.24) is 5.32 Å². The lowest BCUT2D eigenvalue weighted by Crippen LogP contribution is -2.63. The van der Waals surface area contributed by atoms with Crippen molar-refractivity contribution in [3.05, 3.63) is 23.8 Å². The average Bonchev–Trinajstić information content (AvgIpc) is 2.37. The smallest absolute Gasteiger partial charge is 0.121 e. The van der Waals surface area contributed by atoms with Crippen molar-refractivity contribution >= 4 is 5.69 Å². The first-order valence-electron chi connectivity index (χ1n) is 7.50. The molecule has 1 fully saturated rings. The number of ether oxygens (including phenoxy) is 1. The molecule has 1 aromatic rings. The molecule has 1 aliphatic rings. The lowest BCUT2D eigenvalue weighted by atomic mass is 9.92. The molecule has 0 amide bonds. The van der Waals surface area contributed by atoms with Gasteiger partial charge >= 0.3 is 0 Å². The molecule has 0 aromatic heterocycles. The number of nitrogens with zero attached hydrogens (tertiary/aromatic N) is 1. The molecule has 0 spiro atoms. The van der Waals surface area contributed by atoms with Crippen molar-refractivity contribution in [2.75, 3.05) is 25.1 Å². The molecule has 1 N–H and O–H groups in total. The van der Waals surface area contributed by atoms with Crippen LogP contribution >= 0.6 is 0 Å². The Kier molecular flexibility index (Phi) is 4.28. The second-order valence-corrected chi connectivity index (χ2v) is 6.86. The Labute approximate surface area is 123 Å². The summed E-state index contributed by atoms with van der Waals surface area (Å²) >= 11 is 0. The van der Waals surface area contributed by atoms with Gasteiger partial charge < -0.3 is 15.0 Å². The van der Waals surface area contributed by atoms with Crippen molar-refractivity contribution in [2.24, 2.45) is 5.92 Å². The molecule has 1 aromatic carbocycles. The van der Waals surface area contributed by atoms with Crippen molar-refractivity contribution in [3.63, 3.8) is 0 Å². The largest absolute Gasteiger partial charge is 0.496 e. The van der Waals surface area contributed by atoms with Crippen molar-refractivity contribution in [3.8, 4) is 5.75 Å². The monoisotopic (exact) mass is 276 g/mol. The Hall–Kier alpha value is -1.22. The van der Waals surface area contributed by atoms with Crippen molar-refractivity contribution in [1.29, 1.82) is 0 Å². The van der Waals surface area contributed by atoms with Gasteiger partial charge in [0, 0.05) is 30.4 Å².